The highest BCUT2D eigenvalue weighted by atomic mass is 16.3. The number of rotatable bonds is 3. The number of hydrazone groups is 1. The molecular formula is C17H15N3O3. The number of hydrogen-bond acceptors (Lipinski definition) is 4. The number of phenolic OH excluding ortho intramolecular Hbond substituents is 2. The van der Waals surface area contributed by atoms with Crippen LogP contribution in [0.2, 0.25) is 0 Å². The summed E-state index contributed by atoms with van der Waals surface area (Å²) in [6.45, 7) is 0. The van der Waals surface area contributed by atoms with Gasteiger partial charge >= 0.3 is 0 Å². The number of nitrogens with zero attached hydrogens (tertiary/aromatic N) is 2. The lowest BCUT2D eigenvalue weighted by molar-refractivity contribution is 0.0952. The molecule has 23 heavy (non-hydrogen) atoms. The highest BCUT2D eigenvalue weighted by Gasteiger charge is 2.10. The van der Waals surface area contributed by atoms with E-state index in [1.165, 1.54) is 12.1 Å². The van der Waals surface area contributed by atoms with E-state index < -0.39 is 5.91 Å². The summed E-state index contributed by atoms with van der Waals surface area (Å²) in [5, 5.41) is 23.8. The third-order valence-electron chi connectivity index (χ3n) is 3.52. The first-order valence-corrected chi connectivity index (χ1v) is 6.95. The topological polar surface area (TPSA) is 86.9 Å². The van der Waals surface area contributed by atoms with Gasteiger partial charge in [-0.2, -0.15) is 5.10 Å². The minimum atomic E-state index is -0.556. The Bertz CT molecular complexity index is 913. The fourth-order valence-electron chi connectivity index (χ4n) is 2.41. The van der Waals surface area contributed by atoms with E-state index in [1.807, 2.05) is 42.1 Å². The number of benzene rings is 2. The van der Waals surface area contributed by atoms with Gasteiger partial charge in [-0.05, 0) is 18.2 Å². The molecule has 1 amide bonds. The molecule has 0 aliphatic rings. The molecule has 3 rings (SSSR count). The molecule has 6 heteroatoms. The number of aromatic nitrogens is 1. The van der Waals surface area contributed by atoms with Crippen molar-refractivity contribution in [3.63, 3.8) is 0 Å². The average molecular weight is 309 g/mol. The maximum atomic E-state index is 12.0. The third kappa shape index (κ3) is 2.87. The van der Waals surface area contributed by atoms with Gasteiger partial charge in [-0.15, -0.1) is 0 Å². The van der Waals surface area contributed by atoms with E-state index in [9.17, 15) is 15.0 Å². The first-order valence-electron chi connectivity index (χ1n) is 6.95. The Morgan fingerprint density at radius 2 is 2.00 bits per heavy atom. The number of fused-ring (bicyclic) bond motifs is 1. The molecule has 3 aromatic rings. The van der Waals surface area contributed by atoms with Crippen LogP contribution in [0.15, 0.2) is 53.8 Å². The Hall–Kier alpha value is -3.28. The number of carbonyl (C=O) groups is 1. The zero-order valence-corrected chi connectivity index (χ0v) is 12.4. The molecule has 2 aromatic carbocycles. The van der Waals surface area contributed by atoms with Crippen LogP contribution in [0.4, 0.5) is 0 Å². The van der Waals surface area contributed by atoms with Crippen LogP contribution in [0.3, 0.4) is 0 Å². The minimum Gasteiger partial charge on any atom is -0.508 e. The van der Waals surface area contributed by atoms with Crippen molar-refractivity contribution < 1.29 is 15.0 Å². The highest BCUT2D eigenvalue weighted by Crippen LogP contribution is 2.22. The number of phenols is 2. The summed E-state index contributed by atoms with van der Waals surface area (Å²) in [5.74, 6) is -0.972. The second kappa shape index (κ2) is 5.84. The van der Waals surface area contributed by atoms with E-state index >= 15 is 0 Å². The van der Waals surface area contributed by atoms with Crippen molar-refractivity contribution in [3.05, 3.63) is 59.8 Å². The van der Waals surface area contributed by atoms with Gasteiger partial charge in [0.05, 0.1) is 11.8 Å². The smallest absolute Gasteiger partial charge is 0.275 e. The molecule has 3 N–H and O–H groups in total. The standard InChI is InChI=1S/C17H15N3O3/c1-20-10-11(13-4-2-3-5-15(13)20)9-18-19-17(23)14-7-6-12(21)8-16(14)22/h2-10,21-22H,1H3,(H,19,23)/b18-9+. The summed E-state index contributed by atoms with van der Waals surface area (Å²) in [6.07, 6.45) is 3.47. The molecular weight excluding hydrogens is 294 g/mol. The lowest BCUT2D eigenvalue weighted by atomic mass is 10.2. The van der Waals surface area contributed by atoms with Crippen molar-refractivity contribution >= 4 is 23.0 Å². The molecule has 1 heterocycles. The Morgan fingerprint density at radius 3 is 2.78 bits per heavy atom. The number of aryl methyl sites for hydroxylation is 1. The zero-order valence-electron chi connectivity index (χ0n) is 12.4. The van der Waals surface area contributed by atoms with Crippen LogP contribution in [-0.2, 0) is 7.05 Å². The van der Waals surface area contributed by atoms with Crippen LogP contribution in [0, 0.1) is 0 Å². The van der Waals surface area contributed by atoms with E-state index in [1.54, 1.807) is 6.21 Å². The summed E-state index contributed by atoms with van der Waals surface area (Å²) in [5.41, 5.74) is 4.34. The van der Waals surface area contributed by atoms with E-state index in [-0.39, 0.29) is 17.1 Å². The van der Waals surface area contributed by atoms with Gasteiger partial charge in [-0.1, -0.05) is 18.2 Å². The van der Waals surface area contributed by atoms with Crippen LogP contribution in [0.25, 0.3) is 10.9 Å². The molecule has 0 saturated heterocycles. The van der Waals surface area contributed by atoms with E-state index in [0.29, 0.717) is 0 Å². The molecule has 0 spiro atoms. The second-order valence-electron chi connectivity index (χ2n) is 5.11. The molecule has 0 saturated carbocycles. The van der Waals surface area contributed by atoms with Crippen LogP contribution in [0.5, 0.6) is 11.5 Å². The van der Waals surface area contributed by atoms with Gasteiger partial charge < -0.3 is 14.8 Å². The molecule has 0 fully saturated rings. The van der Waals surface area contributed by atoms with Gasteiger partial charge in [0.15, 0.2) is 0 Å². The monoisotopic (exact) mass is 309 g/mol. The van der Waals surface area contributed by atoms with Crippen LogP contribution < -0.4 is 5.43 Å². The Labute approximate surface area is 132 Å². The van der Waals surface area contributed by atoms with E-state index in [0.717, 1.165) is 22.5 Å². The molecule has 0 aliphatic carbocycles. The normalized spacial score (nSPS) is 11.2. The van der Waals surface area contributed by atoms with Gasteiger partial charge in [-0.3, -0.25) is 4.79 Å². The Kier molecular flexibility index (Phi) is 3.72. The predicted octanol–water partition coefficient (Wildman–Crippen LogP) is 2.35. The number of amides is 1. The van der Waals surface area contributed by atoms with Gasteiger partial charge in [-0.25, -0.2) is 5.43 Å². The lowest BCUT2D eigenvalue weighted by Crippen LogP contribution is -2.17. The molecule has 0 bridgehead atoms. The number of para-hydroxylation sites is 1. The molecule has 0 radical (unpaired) electrons. The molecule has 6 nitrogen and oxygen atoms in total. The molecule has 1 aromatic heterocycles. The van der Waals surface area contributed by atoms with Crippen molar-refractivity contribution in [3.8, 4) is 11.5 Å². The summed E-state index contributed by atoms with van der Waals surface area (Å²) in [7, 11) is 1.94. The first kappa shape index (κ1) is 14.6. The summed E-state index contributed by atoms with van der Waals surface area (Å²) >= 11 is 0. The second-order valence-corrected chi connectivity index (χ2v) is 5.11. The van der Waals surface area contributed by atoms with Crippen LogP contribution in [-0.4, -0.2) is 26.9 Å². The molecule has 0 atom stereocenters. The quantitative estimate of drug-likeness (QED) is 0.513. The summed E-state index contributed by atoms with van der Waals surface area (Å²) in [6, 6.07) is 11.6. The van der Waals surface area contributed by atoms with Gasteiger partial charge in [0, 0.05) is 35.8 Å². The summed E-state index contributed by atoms with van der Waals surface area (Å²) in [4.78, 5) is 12.0. The minimum absolute atomic E-state index is 0.0397. The van der Waals surface area contributed by atoms with E-state index in [2.05, 4.69) is 10.5 Å². The third-order valence-corrected chi connectivity index (χ3v) is 3.52. The van der Waals surface area contributed by atoms with Gasteiger partial charge in [0.1, 0.15) is 11.5 Å². The zero-order chi connectivity index (χ0) is 16.4. The van der Waals surface area contributed by atoms with Gasteiger partial charge in [0.25, 0.3) is 5.91 Å². The Balaban J connectivity index is 1.79. The maximum absolute atomic E-state index is 12.0. The Morgan fingerprint density at radius 1 is 1.22 bits per heavy atom. The van der Waals surface area contributed by atoms with Gasteiger partial charge in [0.2, 0.25) is 0 Å². The number of nitrogens with one attached hydrogen (secondary N) is 1. The van der Waals surface area contributed by atoms with Crippen molar-refractivity contribution in [2.45, 2.75) is 0 Å². The average Bonchev–Trinajstić information content (AvgIpc) is 2.84. The summed E-state index contributed by atoms with van der Waals surface area (Å²) < 4.78 is 1.98. The highest BCUT2D eigenvalue weighted by molar-refractivity contribution is 6.01. The van der Waals surface area contributed by atoms with Crippen LogP contribution in [0.1, 0.15) is 15.9 Å². The fraction of sp³-hybridized carbons (Fsp3) is 0.0588. The molecule has 116 valence electrons. The lowest BCUT2D eigenvalue weighted by Gasteiger charge is -2.03. The van der Waals surface area contributed by atoms with Crippen LogP contribution >= 0.6 is 0 Å². The maximum Gasteiger partial charge on any atom is 0.275 e. The number of hydrogen-bond donors (Lipinski definition) is 3. The van der Waals surface area contributed by atoms with E-state index in [4.69, 9.17) is 0 Å². The first-order chi connectivity index (χ1) is 11.1. The van der Waals surface area contributed by atoms with Crippen molar-refractivity contribution in [1.82, 2.24) is 9.99 Å². The predicted molar refractivity (Wildman–Crippen MR) is 87.8 cm³/mol. The fourth-order valence-corrected chi connectivity index (χ4v) is 2.41. The molecule has 0 unspecified atom stereocenters. The molecule has 0 aliphatic heterocycles. The van der Waals surface area contributed by atoms with Crippen molar-refractivity contribution in [2.24, 2.45) is 12.1 Å². The van der Waals surface area contributed by atoms with Crippen molar-refractivity contribution in [2.75, 3.05) is 0 Å². The number of aromatic hydroxyl groups is 2. The SMILES string of the molecule is Cn1cc(/C=N/NC(=O)c2ccc(O)cc2O)c2ccccc21. The number of carbonyl (C=O) groups excluding carboxylic acids is 1. The van der Waals surface area contributed by atoms with Crippen molar-refractivity contribution in [1.29, 1.82) is 0 Å². The largest absolute Gasteiger partial charge is 0.508 e.